The number of nitrogens with zero attached hydrogens (tertiary/aromatic N) is 1. The Morgan fingerprint density at radius 3 is 2.58 bits per heavy atom. The Hall–Kier alpha value is -0.860. The highest BCUT2D eigenvalue weighted by Gasteiger charge is 2.27. The van der Waals surface area contributed by atoms with Crippen molar-refractivity contribution in [3.8, 4) is 0 Å². The van der Waals surface area contributed by atoms with Gasteiger partial charge >= 0.3 is 0 Å². The minimum Gasteiger partial charge on any atom is -0.309 e. The Balaban J connectivity index is 1.88. The average molecular weight is 260 g/mol. The maximum atomic E-state index is 3.75. The molecule has 0 radical (unpaired) electrons. The first kappa shape index (κ1) is 14.5. The molecule has 0 aliphatic carbocycles. The second-order valence-electron chi connectivity index (χ2n) is 6.16. The zero-order chi connectivity index (χ0) is 13.7. The van der Waals surface area contributed by atoms with Gasteiger partial charge in [-0.3, -0.25) is 0 Å². The summed E-state index contributed by atoms with van der Waals surface area (Å²) in [6.07, 6.45) is 1.32. The summed E-state index contributed by atoms with van der Waals surface area (Å²) in [6, 6.07) is 11.4. The Labute approximate surface area is 118 Å². The van der Waals surface area contributed by atoms with E-state index in [9.17, 15) is 0 Å². The van der Waals surface area contributed by atoms with Crippen molar-refractivity contribution < 1.29 is 0 Å². The van der Waals surface area contributed by atoms with E-state index >= 15 is 0 Å². The number of likely N-dealkylation sites (N-methyl/N-ethyl adjacent to an activating group) is 1. The number of hydrogen-bond donors (Lipinski definition) is 1. The molecule has 2 atom stereocenters. The van der Waals surface area contributed by atoms with Crippen LogP contribution in [0.15, 0.2) is 30.3 Å². The third-order valence-corrected chi connectivity index (χ3v) is 4.39. The van der Waals surface area contributed by atoms with Gasteiger partial charge in [0.05, 0.1) is 0 Å². The molecule has 1 aliphatic rings. The molecule has 1 aromatic rings. The van der Waals surface area contributed by atoms with Crippen molar-refractivity contribution in [3.63, 3.8) is 0 Å². The minimum absolute atomic E-state index is 0.640. The normalized spacial score (nSPS) is 24.8. The van der Waals surface area contributed by atoms with Gasteiger partial charge in [0, 0.05) is 25.7 Å². The second kappa shape index (κ2) is 7.06. The van der Waals surface area contributed by atoms with Gasteiger partial charge in [-0.25, -0.2) is 0 Å². The maximum absolute atomic E-state index is 3.75. The van der Waals surface area contributed by atoms with E-state index in [1.54, 1.807) is 0 Å². The molecule has 106 valence electrons. The zero-order valence-electron chi connectivity index (χ0n) is 12.6. The summed E-state index contributed by atoms with van der Waals surface area (Å²) >= 11 is 0. The van der Waals surface area contributed by atoms with Gasteiger partial charge in [0.2, 0.25) is 0 Å². The SMILES string of the molecule is CCN1CC(NCc2ccccc2)CC(C(C)C)C1. The molecular weight excluding hydrogens is 232 g/mol. The molecule has 2 unspecified atom stereocenters. The fourth-order valence-corrected chi connectivity index (χ4v) is 2.98. The molecule has 2 rings (SSSR count). The van der Waals surface area contributed by atoms with Gasteiger partial charge in [-0.1, -0.05) is 51.1 Å². The van der Waals surface area contributed by atoms with Crippen molar-refractivity contribution in [3.05, 3.63) is 35.9 Å². The zero-order valence-corrected chi connectivity index (χ0v) is 12.6. The summed E-state index contributed by atoms with van der Waals surface area (Å²) in [5, 5.41) is 3.75. The molecule has 2 heteroatoms. The van der Waals surface area contributed by atoms with Crippen LogP contribution in [0.2, 0.25) is 0 Å². The Kier molecular flexibility index (Phi) is 5.41. The smallest absolute Gasteiger partial charge is 0.0208 e. The number of likely N-dealkylation sites (tertiary alicyclic amines) is 1. The van der Waals surface area contributed by atoms with E-state index in [4.69, 9.17) is 0 Å². The van der Waals surface area contributed by atoms with E-state index in [1.807, 2.05) is 0 Å². The van der Waals surface area contributed by atoms with Gasteiger partial charge in [0.15, 0.2) is 0 Å². The molecular formula is C17H28N2. The van der Waals surface area contributed by atoms with Crippen molar-refractivity contribution in [1.29, 1.82) is 0 Å². The van der Waals surface area contributed by atoms with Crippen molar-refractivity contribution in [1.82, 2.24) is 10.2 Å². The third-order valence-electron chi connectivity index (χ3n) is 4.39. The summed E-state index contributed by atoms with van der Waals surface area (Å²) in [7, 11) is 0. The first-order chi connectivity index (χ1) is 9.19. The molecule has 1 aromatic carbocycles. The lowest BCUT2D eigenvalue weighted by Crippen LogP contribution is -2.49. The summed E-state index contributed by atoms with van der Waals surface area (Å²) in [5.74, 6) is 1.62. The van der Waals surface area contributed by atoms with Crippen LogP contribution in [0.25, 0.3) is 0 Å². The van der Waals surface area contributed by atoms with E-state index in [1.165, 1.54) is 31.6 Å². The number of hydrogen-bond acceptors (Lipinski definition) is 2. The van der Waals surface area contributed by atoms with E-state index < -0.39 is 0 Å². The van der Waals surface area contributed by atoms with E-state index in [2.05, 4.69) is 61.3 Å². The quantitative estimate of drug-likeness (QED) is 0.875. The lowest BCUT2D eigenvalue weighted by molar-refractivity contribution is 0.120. The molecule has 1 N–H and O–H groups in total. The van der Waals surface area contributed by atoms with E-state index in [0.717, 1.165) is 18.4 Å². The first-order valence-electron chi connectivity index (χ1n) is 7.68. The highest BCUT2D eigenvalue weighted by Crippen LogP contribution is 2.23. The summed E-state index contributed by atoms with van der Waals surface area (Å²) in [6.45, 7) is 11.6. The van der Waals surface area contributed by atoms with Gasteiger partial charge in [-0.2, -0.15) is 0 Å². The highest BCUT2D eigenvalue weighted by molar-refractivity contribution is 5.14. The summed E-state index contributed by atoms with van der Waals surface area (Å²) < 4.78 is 0. The van der Waals surface area contributed by atoms with Gasteiger partial charge in [0.1, 0.15) is 0 Å². The largest absolute Gasteiger partial charge is 0.309 e. The third kappa shape index (κ3) is 4.32. The van der Waals surface area contributed by atoms with E-state index in [0.29, 0.717) is 6.04 Å². The van der Waals surface area contributed by atoms with Crippen molar-refractivity contribution in [2.24, 2.45) is 11.8 Å². The Bertz CT molecular complexity index is 361. The minimum atomic E-state index is 0.640. The lowest BCUT2D eigenvalue weighted by atomic mass is 9.85. The van der Waals surface area contributed by atoms with Crippen LogP contribution in [-0.2, 0) is 6.54 Å². The Morgan fingerprint density at radius 1 is 1.21 bits per heavy atom. The average Bonchev–Trinajstić information content (AvgIpc) is 2.45. The van der Waals surface area contributed by atoms with Crippen molar-refractivity contribution >= 4 is 0 Å². The van der Waals surface area contributed by atoms with Crippen LogP contribution in [-0.4, -0.2) is 30.6 Å². The molecule has 1 fully saturated rings. The monoisotopic (exact) mass is 260 g/mol. The molecule has 2 nitrogen and oxygen atoms in total. The molecule has 1 heterocycles. The van der Waals surface area contributed by atoms with Crippen LogP contribution in [0.1, 0.15) is 32.8 Å². The summed E-state index contributed by atoms with van der Waals surface area (Å²) in [5.41, 5.74) is 1.39. The molecule has 1 aliphatic heterocycles. The topological polar surface area (TPSA) is 15.3 Å². The van der Waals surface area contributed by atoms with Gasteiger partial charge in [-0.05, 0) is 30.4 Å². The van der Waals surface area contributed by atoms with Gasteiger partial charge < -0.3 is 10.2 Å². The fourth-order valence-electron chi connectivity index (χ4n) is 2.98. The molecule has 19 heavy (non-hydrogen) atoms. The predicted molar refractivity (Wildman–Crippen MR) is 82.1 cm³/mol. The number of benzene rings is 1. The van der Waals surface area contributed by atoms with Crippen LogP contribution in [0, 0.1) is 11.8 Å². The maximum Gasteiger partial charge on any atom is 0.0208 e. The Morgan fingerprint density at radius 2 is 1.95 bits per heavy atom. The second-order valence-corrected chi connectivity index (χ2v) is 6.16. The molecule has 0 aromatic heterocycles. The van der Waals surface area contributed by atoms with Crippen LogP contribution in [0.3, 0.4) is 0 Å². The standard InChI is InChI=1S/C17H28N2/c1-4-19-12-16(14(2)3)10-17(13-19)18-11-15-8-6-5-7-9-15/h5-9,14,16-18H,4,10-13H2,1-3H3. The predicted octanol–water partition coefficient (Wildman–Crippen LogP) is 3.14. The van der Waals surface area contributed by atoms with E-state index in [-0.39, 0.29) is 0 Å². The van der Waals surface area contributed by atoms with Crippen LogP contribution < -0.4 is 5.32 Å². The van der Waals surface area contributed by atoms with Crippen LogP contribution in [0.4, 0.5) is 0 Å². The number of nitrogens with one attached hydrogen (secondary N) is 1. The molecule has 0 amide bonds. The lowest BCUT2D eigenvalue weighted by Gasteiger charge is -2.39. The fraction of sp³-hybridized carbons (Fsp3) is 0.647. The highest BCUT2D eigenvalue weighted by atomic mass is 15.2. The molecule has 0 saturated carbocycles. The van der Waals surface area contributed by atoms with Crippen molar-refractivity contribution in [2.45, 2.75) is 39.8 Å². The summed E-state index contributed by atoms with van der Waals surface area (Å²) in [4.78, 5) is 2.59. The molecule has 0 spiro atoms. The molecule has 1 saturated heterocycles. The number of rotatable bonds is 5. The van der Waals surface area contributed by atoms with Crippen molar-refractivity contribution in [2.75, 3.05) is 19.6 Å². The first-order valence-corrected chi connectivity index (χ1v) is 7.68. The molecule has 0 bridgehead atoms. The van der Waals surface area contributed by atoms with Gasteiger partial charge in [-0.15, -0.1) is 0 Å². The van der Waals surface area contributed by atoms with Crippen LogP contribution in [0.5, 0.6) is 0 Å². The number of piperidine rings is 1. The van der Waals surface area contributed by atoms with Gasteiger partial charge in [0.25, 0.3) is 0 Å². The van der Waals surface area contributed by atoms with Crippen LogP contribution >= 0.6 is 0 Å².